The molecule has 1 unspecified atom stereocenters. The lowest BCUT2D eigenvalue weighted by atomic mass is 10.2. The van der Waals surface area contributed by atoms with Crippen LogP contribution < -0.4 is 0 Å². The highest BCUT2D eigenvalue weighted by Crippen LogP contribution is 2.11. The number of epoxide rings is 1. The van der Waals surface area contributed by atoms with E-state index >= 15 is 0 Å². The highest BCUT2D eigenvalue weighted by molar-refractivity contribution is 5.76. The van der Waals surface area contributed by atoms with Gasteiger partial charge in [0.25, 0.3) is 0 Å². The van der Waals surface area contributed by atoms with E-state index in [-0.39, 0.29) is 12.1 Å². The van der Waals surface area contributed by atoms with Crippen molar-refractivity contribution in [2.75, 3.05) is 33.2 Å². The molecular weight excluding hydrogens is 272 g/mol. The Labute approximate surface area is 127 Å². The van der Waals surface area contributed by atoms with E-state index in [1.165, 1.54) is 0 Å². The summed E-state index contributed by atoms with van der Waals surface area (Å²) in [7, 11) is 0. The minimum atomic E-state index is -0.282. The minimum absolute atomic E-state index is 0.218. The topological polar surface area (TPSA) is 57.3 Å². The molecule has 1 atom stereocenters. The second-order valence-corrected chi connectivity index (χ2v) is 5.01. The van der Waals surface area contributed by atoms with E-state index in [1.807, 2.05) is 0 Å². The number of esters is 1. The average molecular weight is 300 g/mol. The van der Waals surface area contributed by atoms with Gasteiger partial charge in [0, 0.05) is 6.61 Å². The van der Waals surface area contributed by atoms with Gasteiger partial charge < -0.3 is 18.9 Å². The lowest BCUT2D eigenvalue weighted by Gasteiger charge is -2.05. The molecule has 0 bridgehead atoms. The minimum Gasteiger partial charge on any atom is -0.464 e. The van der Waals surface area contributed by atoms with E-state index in [0.29, 0.717) is 26.6 Å². The monoisotopic (exact) mass is 300 g/mol. The maximum Gasteiger partial charge on any atom is 0.337 e. The highest BCUT2D eigenvalue weighted by atomic mass is 16.7. The third kappa shape index (κ3) is 11.4. The van der Waals surface area contributed by atoms with Gasteiger partial charge in [-0.3, -0.25) is 0 Å². The molecule has 0 N–H and O–H groups in total. The molecule has 0 saturated carbocycles. The Kier molecular flexibility index (Phi) is 11.1. The van der Waals surface area contributed by atoms with Crippen LogP contribution in [0.3, 0.4) is 0 Å². The van der Waals surface area contributed by atoms with Crippen LogP contribution >= 0.6 is 0 Å². The van der Waals surface area contributed by atoms with Crippen molar-refractivity contribution in [2.24, 2.45) is 0 Å². The third-order valence-electron chi connectivity index (χ3n) is 3.02. The van der Waals surface area contributed by atoms with E-state index in [2.05, 4.69) is 19.1 Å². The zero-order chi connectivity index (χ0) is 15.2. The third-order valence-corrected chi connectivity index (χ3v) is 3.02. The van der Waals surface area contributed by atoms with Gasteiger partial charge in [-0.05, 0) is 32.1 Å². The maximum atomic E-state index is 11.1. The zero-order valence-corrected chi connectivity index (χ0v) is 13.1. The molecule has 21 heavy (non-hydrogen) atoms. The van der Waals surface area contributed by atoms with Gasteiger partial charge in [-0.2, -0.15) is 0 Å². The Morgan fingerprint density at radius 3 is 2.52 bits per heavy atom. The molecule has 0 aromatic rings. The Hall–Kier alpha value is -0.910. The number of unbranched alkanes of at least 4 members (excludes halogenated alkanes) is 3. The quantitative estimate of drug-likeness (QED) is 0.162. The predicted octanol–water partition coefficient (Wildman–Crippen LogP) is 2.84. The first-order chi connectivity index (χ1) is 10.3. The number of ether oxygens (including phenoxy) is 4. The first-order valence-corrected chi connectivity index (χ1v) is 7.93. The van der Waals surface area contributed by atoms with Crippen molar-refractivity contribution >= 4 is 5.97 Å². The molecule has 0 aromatic carbocycles. The van der Waals surface area contributed by atoms with Gasteiger partial charge in [-0.1, -0.05) is 25.5 Å². The van der Waals surface area contributed by atoms with Crippen molar-refractivity contribution < 1.29 is 23.7 Å². The number of hydrogen-bond donors (Lipinski definition) is 0. The van der Waals surface area contributed by atoms with E-state index in [0.717, 1.165) is 45.1 Å². The number of allylic oxidation sites excluding steroid dienone is 1. The van der Waals surface area contributed by atoms with Gasteiger partial charge in [0.05, 0.1) is 19.8 Å². The molecule has 1 rings (SSSR count). The summed E-state index contributed by atoms with van der Waals surface area (Å²) in [6.07, 6.45) is 10.0. The van der Waals surface area contributed by atoms with Gasteiger partial charge in [-0.25, -0.2) is 4.79 Å². The fraction of sp³-hybridized carbons (Fsp3) is 0.812. The SMILES string of the molecule is CC/C=C\CCOCOCCCCCCOC(=O)C1CO1. The van der Waals surface area contributed by atoms with Crippen LogP contribution in [0.4, 0.5) is 0 Å². The summed E-state index contributed by atoms with van der Waals surface area (Å²) in [5.74, 6) is -0.218. The van der Waals surface area contributed by atoms with E-state index in [4.69, 9.17) is 18.9 Å². The standard InChI is InChI=1S/C16H28O5/c1-2-3-4-7-10-18-14-19-11-8-5-6-9-12-20-16(17)15-13-21-15/h3-4,15H,2,5-14H2,1H3/b4-3-. The second kappa shape index (κ2) is 12.8. The predicted molar refractivity (Wildman–Crippen MR) is 80.0 cm³/mol. The Bertz CT molecular complexity index is 286. The van der Waals surface area contributed by atoms with Crippen molar-refractivity contribution in [3.63, 3.8) is 0 Å². The van der Waals surface area contributed by atoms with Crippen LogP contribution in [0.5, 0.6) is 0 Å². The Balaban J connectivity index is 1.68. The van der Waals surface area contributed by atoms with Crippen molar-refractivity contribution in [3.8, 4) is 0 Å². The Morgan fingerprint density at radius 2 is 1.81 bits per heavy atom. The van der Waals surface area contributed by atoms with E-state index in [9.17, 15) is 4.79 Å². The van der Waals surface area contributed by atoms with Crippen LogP contribution in [0.2, 0.25) is 0 Å². The first kappa shape index (κ1) is 18.1. The van der Waals surface area contributed by atoms with Crippen LogP contribution in [0.15, 0.2) is 12.2 Å². The van der Waals surface area contributed by atoms with Crippen LogP contribution in [0, 0.1) is 0 Å². The summed E-state index contributed by atoms with van der Waals surface area (Å²) in [5, 5.41) is 0. The van der Waals surface area contributed by atoms with Gasteiger partial charge >= 0.3 is 5.97 Å². The van der Waals surface area contributed by atoms with Crippen molar-refractivity contribution in [1.82, 2.24) is 0 Å². The fourth-order valence-corrected chi connectivity index (χ4v) is 1.72. The molecule has 122 valence electrons. The maximum absolute atomic E-state index is 11.1. The van der Waals surface area contributed by atoms with Crippen LogP contribution in [0.1, 0.15) is 45.4 Å². The van der Waals surface area contributed by atoms with Crippen molar-refractivity contribution in [3.05, 3.63) is 12.2 Å². The van der Waals surface area contributed by atoms with E-state index < -0.39 is 0 Å². The molecule has 0 amide bonds. The first-order valence-electron chi connectivity index (χ1n) is 7.93. The summed E-state index contributed by atoms with van der Waals surface area (Å²) < 4.78 is 20.6. The van der Waals surface area contributed by atoms with Crippen LogP contribution in [-0.2, 0) is 23.7 Å². The summed E-state index contributed by atoms with van der Waals surface area (Å²) >= 11 is 0. The lowest BCUT2D eigenvalue weighted by Crippen LogP contribution is -2.12. The molecule has 0 spiro atoms. The van der Waals surface area contributed by atoms with E-state index in [1.54, 1.807) is 0 Å². The van der Waals surface area contributed by atoms with Gasteiger partial charge in [0.1, 0.15) is 6.79 Å². The summed E-state index contributed by atoms with van der Waals surface area (Å²) in [5.41, 5.74) is 0. The molecule has 1 saturated heterocycles. The Morgan fingerprint density at radius 1 is 1.10 bits per heavy atom. The molecule has 5 nitrogen and oxygen atoms in total. The lowest BCUT2D eigenvalue weighted by molar-refractivity contribution is -0.145. The van der Waals surface area contributed by atoms with Crippen molar-refractivity contribution in [2.45, 2.75) is 51.6 Å². The van der Waals surface area contributed by atoms with Crippen LogP contribution in [0.25, 0.3) is 0 Å². The molecular formula is C16H28O5. The number of carbonyl (C=O) groups is 1. The summed E-state index contributed by atoms with van der Waals surface area (Å²) in [4.78, 5) is 11.1. The molecule has 1 heterocycles. The molecule has 1 fully saturated rings. The smallest absolute Gasteiger partial charge is 0.337 e. The number of hydrogen-bond acceptors (Lipinski definition) is 5. The zero-order valence-electron chi connectivity index (χ0n) is 13.1. The molecule has 0 aliphatic carbocycles. The second-order valence-electron chi connectivity index (χ2n) is 5.01. The number of carbonyl (C=O) groups excluding carboxylic acids is 1. The molecule has 5 heteroatoms. The molecule has 0 radical (unpaired) electrons. The summed E-state index contributed by atoms with van der Waals surface area (Å²) in [6.45, 7) is 4.94. The van der Waals surface area contributed by atoms with Gasteiger partial charge in [-0.15, -0.1) is 0 Å². The average Bonchev–Trinajstić information content (AvgIpc) is 3.32. The largest absolute Gasteiger partial charge is 0.464 e. The van der Waals surface area contributed by atoms with Crippen molar-refractivity contribution in [1.29, 1.82) is 0 Å². The highest BCUT2D eigenvalue weighted by Gasteiger charge is 2.32. The van der Waals surface area contributed by atoms with Gasteiger partial charge in [0.15, 0.2) is 6.10 Å². The van der Waals surface area contributed by atoms with Gasteiger partial charge in [0.2, 0.25) is 0 Å². The fourth-order valence-electron chi connectivity index (χ4n) is 1.72. The summed E-state index contributed by atoms with van der Waals surface area (Å²) in [6, 6.07) is 0. The van der Waals surface area contributed by atoms with Crippen LogP contribution in [-0.4, -0.2) is 45.3 Å². The molecule has 1 aliphatic heterocycles. The molecule has 0 aromatic heterocycles. The number of rotatable bonds is 14. The normalized spacial score (nSPS) is 17.3. The molecule has 1 aliphatic rings.